The van der Waals surface area contributed by atoms with Gasteiger partial charge >= 0.3 is 0 Å². The normalized spacial score (nSPS) is 20.3. The molecule has 0 bridgehead atoms. The Kier molecular flexibility index (Phi) is 7.05. The largest absolute Gasteiger partial charge is 0.378 e. The second-order valence-corrected chi connectivity index (χ2v) is 4.66. The van der Waals surface area contributed by atoms with Crippen LogP contribution in [-0.4, -0.2) is 43.8 Å². The lowest BCUT2D eigenvalue weighted by Gasteiger charge is -2.32. The fourth-order valence-corrected chi connectivity index (χ4v) is 2.02. The molecule has 16 heavy (non-hydrogen) atoms. The molecular formula is C12H23ClN2O. The molecule has 1 aliphatic heterocycles. The number of nitrogens with zero attached hydrogens (tertiary/aromatic N) is 1. The molecular weight excluding hydrogens is 224 g/mol. The zero-order valence-corrected chi connectivity index (χ0v) is 10.9. The van der Waals surface area contributed by atoms with Crippen LogP contribution in [0.2, 0.25) is 0 Å². The van der Waals surface area contributed by atoms with Gasteiger partial charge in [-0.25, -0.2) is 0 Å². The molecule has 94 valence electrons. The van der Waals surface area contributed by atoms with E-state index in [0.717, 1.165) is 52.0 Å². The number of halogens is 1. The molecule has 0 amide bonds. The van der Waals surface area contributed by atoms with Crippen LogP contribution in [0.15, 0.2) is 11.1 Å². The molecule has 1 rings (SSSR count). The van der Waals surface area contributed by atoms with Crippen LogP contribution in [-0.2, 0) is 4.74 Å². The SMILES string of the molecule is CC(=CCl)CN1CCC(OCCCN)CC1. The van der Waals surface area contributed by atoms with Crippen molar-refractivity contribution in [3.8, 4) is 0 Å². The molecule has 1 aliphatic rings. The van der Waals surface area contributed by atoms with E-state index in [4.69, 9.17) is 22.1 Å². The van der Waals surface area contributed by atoms with Crippen LogP contribution in [0.4, 0.5) is 0 Å². The first-order chi connectivity index (χ1) is 7.76. The van der Waals surface area contributed by atoms with Gasteiger partial charge in [0.05, 0.1) is 6.10 Å². The number of likely N-dealkylation sites (tertiary alicyclic amines) is 1. The van der Waals surface area contributed by atoms with Crippen LogP contribution >= 0.6 is 11.6 Å². The first-order valence-corrected chi connectivity index (χ1v) is 6.49. The number of hydrogen-bond acceptors (Lipinski definition) is 3. The van der Waals surface area contributed by atoms with Gasteiger partial charge in [-0.1, -0.05) is 11.6 Å². The standard InChI is InChI=1S/C12H23ClN2O/c1-11(9-13)10-15-6-3-12(4-7-15)16-8-2-5-14/h9,12H,2-8,10,14H2,1H3. The van der Waals surface area contributed by atoms with Crippen molar-refractivity contribution < 1.29 is 4.74 Å². The summed E-state index contributed by atoms with van der Waals surface area (Å²) >= 11 is 5.66. The van der Waals surface area contributed by atoms with E-state index in [2.05, 4.69) is 11.8 Å². The molecule has 0 spiro atoms. The smallest absolute Gasteiger partial charge is 0.0599 e. The van der Waals surface area contributed by atoms with Gasteiger partial charge in [-0.3, -0.25) is 4.90 Å². The minimum absolute atomic E-state index is 0.433. The highest BCUT2D eigenvalue weighted by atomic mass is 35.5. The van der Waals surface area contributed by atoms with E-state index >= 15 is 0 Å². The summed E-state index contributed by atoms with van der Waals surface area (Å²) in [6.45, 7) is 6.79. The molecule has 0 saturated carbocycles. The quantitative estimate of drug-likeness (QED) is 0.729. The zero-order valence-electron chi connectivity index (χ0n) is 10.1. The van der Waals surface area contributed by atoms with Gasteiger partial charge in [-0.15, -0.1) is 0 Å². The van der Waals surface area contributed by atoms with Crippen molar-refractivity contribution in [3.05, 3.63) is 11.1 Å². The van der Waals surface area contributed by atoms with E-state index in [9.17, 15) is 0 Å². The van der Waals surface area contributed by atoms with Gasteiger partial charge in [0.2, 0.25) is 0 Å². The summed E-state index contributed by atoms with van der Waals surface area (Å²) < 4.78 is 5.76. The molecule has 0 aliphatic carbocycles. The highest BCUT2D eigenvalue weighted by Crippen LogP contribution is 2.15. The summed E-state index contributed by atoms with van der Waals surface area (Å²) in [6.07, 6.45) is 3.65. The zero-order chi connectivity index (χ0) is 11.8. The van der Waals surface area contributed by atoms with E-state index in [1.54, 1.807) is 5.54 Å². The van der Waals surface area contributed by atoms with E-state index in [0.29, 0.717) is 6.10 Å². The second kappa shape index (κ2) is 8.07. The van der Waals surface area contributed by atoms with Crippen LogP contribution in [0.25, 0.3) is 0 Å². The molecule has 0 aromatic heterocycles. The van der Waals surface area contributed by atoms with Crippen molar-refractivity contribution in [2.24, 2.45) is 5.73 Å². The van der Waals surface area contributed by atoms with Crippen molar-refractivity contribution in [2.45, 2.75) is 32.3 Å². The van der Waals surface area contributed by atoms with Crippen LogP contribution < -0.4 is 5.73 Å². The summed E-state index contributed by atoms with van der Waals surface area (Å²) in [7, 11) is 0. The molecule has 0 radical (unpaired) electrons. The van der Waals surface area contributed by atoms with Crippen LogP contribution in [0.3, 0.4) is 0 Å². The summed E-state index contributed by atoms with van der Waals surface area (Å²) in [4.78, 5) is 2.43. The van der Waals surface area contributed by atoms with Gasteiger partial charge in [-0.05, 0) is 38.3 Å². The number of ether oxygens (including phenoxy) is 1. The average Bonchev–Trinajstić information content (AvgIpc) is 2.31. The Morgan fingerprint density at radius 2 is 2.19 bits per heavy atom. The molecule has 2 N–H and O–H groups in total. The highest BCUT2D eigenvalue weighted by Gasteiger charge is 2.19. The van der Waals surface area contributed by atoms with E-state index < -0.39 is 0 Å². The summed E-state index contributed by atoms with van der Waals surface area (Å²) in [6, 6.07) is 0. The van der Waals surface area contributed by atoms with Gasteiger partial charge in [0.25, 0.3) is 0 Å². The minimum Gasteiger partial charge on any atom is -0.378 e. The van der Waals surface area contributed by atoms with Gasteiger partial charge in [0.1, 0.15) is 0 Å². The predicted octanol–water partition coefficient (Wildman–Crippen LogP) is 1.96. The Hall–Kier alpha value is -0.0900. The molecule has 1 fully saturated rings. The van der Waals surface area contributed by atoms with E-state index in [-0.39, 0.29) is 0 Å². The highest BCUT2D eigenvalue weighted by molar-refractivity contribution is 6.25. The maximum Gasteiger partial charge on any atom is 0.0599 e. The Labute approximate surface area is 104 Å². The lowest BCUT2D eigenvalue weighted by atomic mass is 10.1. The Morgan fingerprint density at radius 3 is 2.75 bits per heavy atom. The number of hydrogen-bond donors (Lipinski definition) is 1. The topological polar surface area (TPSA) is 38.5 Å². The Bertz CT molecular complexity index is 213. The molecule has 1 heterocycles. The lowest BCUT2D eigenvalue weighted by Crippen LogP contribution is -2.38. The monoisotopic (exact) mass is 246 g/mol. The van der Waals surface area contributed by atoms with Gasteiger partial charge < -0.3 is 10.5 Å². The molecule has 0 unspecified atom stereocenters. The van der Waals surface area contributed by atoms with Crippen molar-refractivity contribution >= 4 is 11.6 Å². The predicted molar refractivity (Wildman–Crippen MR) is 68.7 cm³/mol. The Balaban J connectivity index is 2.13. The number of piperidine rings is 1. The third kappa shape index (κ3) is 5.30. The van der Waals surface area contributed by atoms with Crippen LogP contribution in [0.1, 0.15) is 26.2 Å². The van der Waals surface area contributed by atoms with Crippen molar-refractivity contribution in [1.29, 1.82) is 0 Å². The maximum atomic E-state index is 5.76. The van der Waals surface area contributed by atoms with Crippen molar-refractivity contribution in [1.82, 2.24) is 4.90 Å². The fraction of sp³-hybridized carbons (Fsp3) is 0.833. The van der Waals surface area contributed by atoms with Crippen molar-refractivity contribution in [3.63, 3.8) is 0 Å². The van der Waals surface area contributed by atoms with Crippen molar-refractivity contribution in [2.75, 3.05) is 32.8 Å². The van der Waals surface area contributed by atoms with E-state index in [1.165, 1.54) is 5.57 Å². The number of nitrogens with two attached hydrogens (primary N) is 1. The molecule has 1 saturated heterocycles. The van der Waals surface area contributed by atoms with Crippen LogP contribution in [0, 0.1) is 0 Å². The van der Waals surface area contributed by atoms with Gasteiger partial charge in [0, 0.05) is 31.8 Å². The van der Waals surface area contributed by atoms with Gasteiger partial charge in [-0.2, -0.15) is 0 Å². The second-order valence-electron chi connectivity index (χ2n) is 4.44. The number of rotatable bonds is 6. The summed E-state index contributed by atoms with van der Waals surface area (Å²) in [5.74, 6) is 0. The summed E-state index contributed by atoms with van der Waals surface area (Å²) in [5.41, 5.74) is 8.33. The molecule has 0 aromatic carbocycles. The first-order valence-electron chi connectivity index (χ1n) is 6.06. The molecule has 4 heteroatoms. The molecule has 0 atom stereocenters. The maximum absolute atomic E-state index is 5.76. The third-order valence-corrected chi connectivity index (χ3v) is 3.27. The molecule has 3 nitrogen and oxygen atoms in total. The van der Waals surface area contributed by atoms with E-state index in [1.807, 2.05) is 0 Å². The average molecular weight is 247 g/mol. The lowest BCUT2D eigenvalue weighted by molar-refractivity contribution is 0.00906. The Morgan fingerprint density at radius 1 is 1.50 bits per heavy atom. The molecule has 0 aromatic rings. The fourth-order valence-electron chi connectivity index (χ4n) is 1.95. The summed E-state index contributed by atoms with van der Waals surface area (Å²) in [5, 5.41) is 0. The first kappa shape index (κ1) is 14.0. The third-order valence-electron chi connectivity index (χ3n) is 2.90. The minimum atomic E-state index is 0.433. The van der Waals surface area contributed by atoms with Crippen LogP contribution in [0.5, 0.6) is 0 Å². The van der Waals surface area contributed by atoms with Gasteiger partial charge in [0.15, 0.2) is 0 Å².